The molecular formula is C27H33F3N2O4. The fourth-order valence-electron chi connectivity index (χ4n) is 4.45. The summed E-state index contributed by atoms with van der Waals surface area (Å²) >= 11 is 0. The molecular weight excluding hydrogens is 473 g/mol. The number of nitriles is 1. The Bertz CT molecular complexity index is 983. The van der Waals surface area contributed by atoms with Gasteiger partial charge in [0.1, 0.15) is 5.75 Å². The third-order valence-electron chi connectivity index (χ3n) is 6.44. The summed E-state index contributed by atoms with van der Waals surface area (Å²) in [5.74, 6) is -1.47. The maximum Gasteiger partial charge on any atom is 0.490 e. The molecule has 2 N–H and O–H groups in total. The number of nitrogens with zero attached hydrogens (tertiary/aromatic N) is 2. The number of rotatable bonds is 8. The summed E-state index contributed by atoms with van der Waals surface area (Å²) in [6.07, 6.45) is -2.09. The lowest BCUT2D eigenvalue weighted by molar-refractivity contribution is -0.192. The Labute approximate surface area is 209 Å². The van der Waals surface area contributed by atoms with Crippen molar-refractivity contribution in [2.75, 3.05) is 26.2 Å². The molecule has 196 valence electrons. The van der Waals surface area contributed by atoms with Crippen LogP contribution in [0.5, 0.6) is 5.75 Å². The van der Waals surface area contributed by atoms with Gasteiger partial charge in [-0.2, -0.15) is 18.4 Å². The van der Waals surface area contributed by atoms with Crippen LogP contribution >= 0.6 is 0 Å². The fraction of sp³-hybridized carbons (Fsp3) is 0.481. The predicted octanol–water partition coefficient (Wildman–Crippen LogP) is 5.22. The van der Waals surface area contributed by atoms with E-state index >= 15 is 0 Å². The highest BCUT2D eigenvalue weighted by Crippen LogP contribution is 2.42. The first-order valence-corrected chi connectivity index (χ1v) is 11.9. The van der Waals surface area contributed by atoms with Crippen molar-refractivity contribution >= 4 is 5.97 Å². The van der Waals surface area contributed by atoms with Crippen LogP contribution in [0.15, 0.2) is 54.6 Å². The first-order chi connectivity index (χ1) is 17.0. The zero-order chi connectivity index (χ0) is 26.8. The molecule has 0 spiro atoms. The highest BCUT2D eigenvalue weighted by molar-refractivity contribution is 5.73. The predicted molar refractivity (Wildman–Crippen MR) is 129 cm³/mol. The van der Waals surface area contributed by atoms with E-state index in [4.69, 9.17) is 19.9 Å². The molecule has 1 aliphatic rings. The number of aliphatic carboxylic acids is 1. The second kappa shape index (κ2) is 13.3. The Morgan fingerprint density at radius 3 is 2.14 bits per heavy atom. The summed E-state index contributed by atoms with van der Waals surface area (Å²) in [7, 11) is 0. The van der Waals surface area contributed by atoms with Crippen LogP contribution in [-0.2, 0) is 10.4 Å². The summed E-state index contributed by atoms with van der Waals surface area (Å²) in [6, 6.07) is 19.5. The number of alkyl halides is 3. The Hall–Kier alpha value is -3.09. The van der Waals surface area contributed by atoms with Crippen molar-refractivity contribution in [2.45, 2.75) is 44.9 Å². The number of likely N-dealkylation sites (tertiary alicyclic amines) is 1. The van der Waals surface area contributed by atoms with Crippen LogP contribution in [-0.4, -0.2) is 53.5 Å². The summed E-state index contributed by atoms with van der Waals surface area (Å²) in [5, 5.41) is 27.6. The second-order valence-electron chi connectivity index (χ2n) is 9.10. The molecule has 2 aromatic rings. The number of benzene rings is 2. The third-order valence-corrected chi connectivity index (χ3v) is 6.44. The molecule has 0 aliphatic carbocycles. The number of ether oxygens (including phenoxy) is 1. The maximum absolute atomic E-state index is 11.6. The number of hydrogen-bond acceptors (Lipinski definition) is 5. The van der Waals surface area contributed by atoms with Crippen molar-refractivity contribution in [3.05, 3.63) is 65.7 Å². The van der Waals surface area contributed by atoms with Gasteiger partial charge in [0.15, 0.2) is 0 Å². The summed E-state index contributed by atoms with van der Waals surface area (Å²) in [5.41, 5.74) is 0.938. The molecule has 0 bridgehead atoms. The lowest BCUT2D eigenvalue weighted by atomic mass is 9.70. The van der Waals surface area contributed by atoms with Gasteiger partial charge in [-0.3, -0.25) is 0 Å². The van der Waals surface area contributed by atoms with E-state index in [1.807, 2.05) is 30.3 Å². The van der Waals surface area contributed by atoms with Crippen LogP contribution in [0, 0.1) is 23.2 Å². The van der Waals surface area contributed by atoms with Gasteiger partial charge in [0, 0.05) is 6.54 Å². The normalized spacial score (nSPS) is 16.4. The molecule has 0 saturated carbocycles. The van der Waals surface area contributed by atoms with Gasteiger partial charge in [-0.05, 0) is 74.0 Å². The van der Waals surface area contributed by atoms with Gasteiger partial charge in [0.25, 0.3) is 0 Å². The van der Waals surface area contributed by atoms with Crippen LogP contribution in [0.25, 0.3) is 0 Å². The summed E-state index contributed by atoms with van der Waals surface area (Å²) < 4.78 is 37.5. The second-order valence-corrected chi connectivity index (χ2v) is 9.10. The molecule has 1 atom stereocenters. The minimum Gasteiger partial charge on any atom is -0.494 e. The summed E-state index contributed by atoms with van der Waals surface area (Å²) in [6.45, 7) is 7.97. The van der Waals surface area contributed by atoms with Gasteiger partial charge < -0.3 is 19.8 Å². The number of halogens is 3. The van der Waals surface area contributed by atoms with E-state index in [1.54, 1.807) is 12.1 Å². The zero-order valence-electron chi connectivity index (χ0n) is 20.5. The maximum atomic E-state index is 11.6. The van der Waals surface area contributed by atoms with Gasteiger partial charge in [-0.15, -0.1) is 0 Å². The molecule has 0 amide bonds. The molecule has 1 unspecified atom stereocenters. The molecule has 6 nitrogen and oxygen atoms in total. The molecule has 3 rings (SSSR count). The number of carboxylic acids is 1. The lowest BCUT2D eigenvalue weighted by Crippen LogP contribution is -2.46. The van der Waals surface area contributed by atoms with Crippen molar-refractivity contribution in [1.29, 1.82) is 5.26 Å². The Kier molecular flexibility index (Phi) is 10.8. The van der Waals surface area contributed by atoms with E-state index in [2.05, 4.69) is 36.9 Å². The molecule has 1 saturated heterocycles. The monoisotopic (exact) mass is 506 g/mol. The number of hydrogen-bond donors (Lipinski definition) is 2. The van der Waals surface area contributed by atoms with Crippen LogP contribution < -0.4 is 4.74 Å². The van der Waals surface area contributed by atoms with Gasteiger partial charge in [-0.1, -0.05) is 44.2 Å². The smallest absolute Gasteiger partial charge is 0.490 e. The van der Waals surface area contributed by atoms with Crippen molar-refractivity contribution < 1.29 is 32.9 Å². The number of carbonyl (C=O) groups is 1. The van der Waals surface area contributed by atoms with Crippen molar-refractivity contribution in [1.82, 2.24) is 4.90 Å². The third kappa shape index (κ3) is 8.25. The zero-order valence-corrected chi connectivity index (χ0v) is 20.5. The molecule has 1 aliphatic heterocycles. The van der Waals surface area contributed by atoms with E-state index in [-0.39, 0.29) is 11.8 Å². The Morgan fingerprint density at radius 1 is 1.11 bits per heavy atom. The quantitative estimate of drug-likeness (QED) is 0.477. The van der Waals surface area contributed by atoms with E-state index in [9.17, 15) is 18.3 Å². The largest absolute Gasteiger partial charge is 0.494 e. The van der Waals surface area contributed by atoms with E-state index < -0.39 is 17.7 Å². The Morgan fingerprint density at radius 2 is 1.67 bits per heavy atom. The number of carboxylic acid groups (broad SMARTS) is 1. The lowest BCUT2D eigenvalue weighted by Gasteiger charge is -2.44. The fourth-order valence-corrected chi connectivity index (χ4v) is 4.45. The first kappa shape index (κ1) is 29.1. The van der Waals surface area contributed by atoms with Crippen LogP contribution in [0.1, 0.15) is 44.2 Å². The Balaban J connectivity index is 0.000000572. The van der Waals surface area contributed by atoms with Crippen molar-refractivity contribution in [3.8, 4) is 11.8 Å². The average molecular weight is 507 g/mol. The average Bonchev–Trinajstić information content (AvgIpc) is 2.87. The standard InChI is InChI=1S/C25H32N2O2.C2HF3O2/c1-20(2)25(28,22-7-4-3-5-8-22)23-13-16-27(17-14-23)15-6-18-29-24-11-9-21(19-26)10-12-24;3-2(4,5)1(6)7/h3-5,7-12,20,23,28H,6,13-18H2,1-2H3;(H,6,7). The van der Waals surface area contributed by atoms with Crippen LogP contribution in [0.3, 0.4) is 0 Å². The SMILES string of the molecule is CC(C)C(O)(c1ccccc1)C1CCN(CCCOc2ccc(C#N)cc2)CC1.O=C(O)C(F)(F)F. The summed E-state index contributed by atoms with van der Waals surface area (Å²) in [4.78, 5) is 11.4. The highest BCUT2D eigenvalue weighted by Gasteiger charge is 2.42. The van der Waals surface area contributed by atoms with Crippen LogP contribution in [0.4, 0.5) is 13.2 Å². The van der Waals surface area contributed by atoms with E-state index in [0.29, 0.717) is 12.2 Å². The number of piperidine rings is 1. The van der Waals surface area contributed by atoms with E-state index in [1.165, 1.54) is 0 Å². The van der Waals surface area contributed by atoms with Gasteiger partial charge in [-0.25, -0.2) is 4.79 Å². The molecule has 9 heteroatoms. The minimum atomic E-state index is -5.08. The minimum absolute atomic E-state index is 0.183. The first-order valence-electron chi connectivity index (χ1n) is 11.9. The molecule has 36 heavy (non-hydrogen) atoms. The molecule has 1 heterocycles. The van der Waals surface area contributed by atoms with Gasteiger partial charge in [0.05, 0.1) is 23.8 Å². The van der Waals surface area contributed by atoms with E-state index in [0.717, 1.165) is 50.2 Å². The highest BCUT2D eigenvalue weighted by atomic mass is 19.4. The van der Waals surface area contributed by atoms with Crippen molar-refractivity contribution in [2.24, 2.45) is 11.8 Å². The topological polar surface area (TPSA) is 93.8 Å². The molecule has 1 fully saturated rings. The molecule has 0 aromatic heterocycles. The van der Waals surface area contributed by atoms with Crippen LogP contribution in [0.2, 0.25) is 0 Å². The molecule has 0 radical (unpaired) electrons. The molecule has 2 aromatic carbocycles. The van der Waals surface area contributed by atoms with Gasteiger partial charge >= 0.3 is 12.1 Å². The number of aliphatic hydroxyl groups is 1. The van der Waals surface area contributed by atoms with Gasteiger partial charge in [0.2, 0.25) is 0 Å². The van der Waals surface area contributed by atoms with Crippen molar-refractivity contribution in [3.63, 3.8) is 0 Å².